The number of hydrogen-bond acceptors (Lipinski definition) is 2. The zero-order valence-electron chi connectivity index (χ0n) is 16.3. The summed E-state index contributed by atoms with van der Waals surface area (Å²) in [6.07, 6.45) is 5.41. The van der Waals surface area contributed by atoms with Gasteiger partial charge < -0.3 is 14.8 Å². The first kappa shape index (κ1) is 19.0. The van der Waals surface area contributed by atoms with Gasteiger partial charge in [-0.3, -0.25) is 9.59 Å². The van der Waals surface area contributed by atoms with E-state index in [1.54, 1.807) is 4.90 Å². The molecule has 1 saturated heterocycles. The Labute approximate surface area is 160 Å². The van der Waals surface area contributed by atoms with Crippen molar-refractivity contribution in [1.29, 1.82) is 0 Å². The first-order chi connectivity index (χ1) is 13.0. The molecule has 0 atom stereocenters. The van der Waals surface area contributed by atoms with Gasteiger partial charge in [-0.25, -0.2) is 0 Å². The molecule has 27 heavy (non-hydrogen) atoms. The van der Waals surface area contributed by atoms with E-state index in [9.17, 15) is 9.59 Å². The fraction of sp³-hybridized carbons (Fsp3) is 0.364. The van der Waals surface area contributed by atoms with Gasteiger partial charge in [0.2, 0.25) is 11.8 Å². The van der Waals surface area contributed by atoms with E-state index in [2.05, 4.69) is 54.1 Å². The van der Waals surface area contributed by atoms with Gasteiger partial charge >= 0.3 is 0 Å². The summed E-state index contributed by atoms with van der Waals surface area (Å²) in [4.78, 5) is 25.9. The summed E-state index contributed by atoms with van der Waals surface area (Å²) in [5.74, 6) is -0.255. The fourth-order valence-electron chi connectivity index (χ4n) is 3.51. The lowest BCUT2D eigenvalue weighted by atomic mass is 10.2. The van der Waals surface area contributed by atoms with Gasteiger partial charge in [-0.05, 0) is 63.5 Å². The normalized spacial score (nSPS) is 14.1. The summed E-state index contributed by atoms with van der Waals surface area (Å²) in [7, 11) is 0. The summed E-state index contributed by atoms with van der Waals surface area (Å²) in [6.45, 7) is 7.83. The Bertz CT molecular complexity index is 856. The minimum Gasteiger partial charge on any atom is -0.343 e. The number of benzene rings is 1. The minimum atomic E-state index is -0.248. The molecule has 5 heteroatoms. The van der Waals surface area contributed by atoms with E-state index in [-0.39, 0.29) is 18.4 Å². The smallest absolute Gasteiger partial charge is 0.244 e. The molecule has 1 aliphatic heterocycles. The summed E-state index contributed by atoms with van der Waals surface area (Å²) in [5.41, 5.74) is 5.51. The molecule has 3 rings (SSSR count). The largest absolute Gasteiger partial charge is 0.343 e. The van der Waals surface area contributed by atoms with Gasteiger partial charge in [0.05, 0.1) is 6.54 Å². The van der Waals surface area contributed by atoms with Gasteiger partial charge in [-0.2, -0.15) is 0 Å². The van der Waals surface area contributed by atoms with E-state index in [1.807, 2.05) is 13.0 Å². The molecule has 0 aliphatic carbocycles. The minimum absolute atomic E-state index is 0.00759. The molecule has 1 fully saturated rings. The quantitative estimate of drug-likeness (QED) is 0.828. The van der Waals surface area contributed by atoms with Crippen LogP contribution in [-0.4, -0.2) is 40.9 Å². The number of aromatic nitrogens is 1. The molecule has 2 amide bonds. The molecule has 1 aliphatic rings. The van der Waals surface area contributed by atoms with Gasteiger partial charge in [-0.15, -0.1) is 0 Å². The van der Waals surface area contributed by atoms with Crippen LogP contribution in [0.4, 0.5) is 0 Å². The van der Waals surface area contributed by atoms with Crippen LogP contribution in [0.5, 0.6) is 0 Å². The molecular weight excluding hydrogens is 338 g/mol. The van der Waals surface area contributed by atoms with E-state index < -0.39 is 0 Å². The lowest BCUT2D eigenvalue weighted by Gasteiger charge is -2.14. The molecule has 142 valence electrons. The highest BCUT2D eigenvalue weighted by Gasteiger charge is 2.17. The van der Waals surface area contributed by atoms with E-state index in [0.29, 0.717) is 0 Å². The summed E-state index contributed by atoms with van der Waals surface area (Å²) >= 11 is 0. The van der Waals surface area contributed by atoms with E-state index >= 15 is 0 Å². The van der Waals surface area contributed by atoms with Crippen molar-refractivity contribution in [2.24, 2.45) is 0 Å². The van der Waals surface area contributed by atoms with Crippen LogP contribution in [0.2, 0.25) is 0 Å². The van der Waals surface area contributed by atoms with Crippen LogP contribution in [0, 0.1) is 20.8 Å². The maximum Gasteiger partial charge on any atom is 0.244 e. The Morgan fingerprint density at radius 2 is 1.74 bits per heavy atom. The molecule has 0 saturated carbocycles. The molecule has 5 nitrogen and oxygen atoms in total. The molecule has 1 aromatic carbocycles. The zero-order valence-corrected chi connectivity index (χ0v) is 16.3. The Kier molecular flexibility index (Phi) is 5.79. The van der Waals surface area contributed by atoms with Gasteiger partial charge in [0.15, 0.2) is 0 Å². The van der Waals surface area contributed by atoms with Gasteiger partial charge in [0.1, 0.15) is 0 Å². The van der Waals surface area contributed by atoms with E-state index in [4.69, 9.17) is 0 Å². The molecule has 1 N–H and O–H groups in total. The van der Waals surface area contributed by atoms with Gasteiger partial charge in [0.25, 0.3) is 0 Å². The molecule has 0 bridgehead atoms. The lowest BCUT2D eigenvalue weighted by Crippen LogP contribution is -2.38. The third-order valence-electron chi connectivity index (χ3n) is 5.05. The van der Waals surface area contributed by atoms with Crippen molar-refractivity contribution >= 4 is 17.9 Å². The second-order valence-electron chi connectivity index (χ2n) is 7.14. The molecule has 2 aromatic rings. The van der Waals surface area contributed by atoms with Crippen LogP contribution in [-0.2, 0) is 9.59 Å². The molecule has 0 radical (unpaired) electrons. The second kappa shape index (κ2) is 8.25. The van der Waals surface area contributed by atoms with Gasteiger partial charge in [-0.1, -0.05) is 17.7 Å². The van der Waals surface area contributed by atoms with E-state index in [0.717, 1.165) is 48.6 Å². The topological polar surface area (TPSA) is 54.3 Å². The number of hydrogen-bond donors (Lipinski definition) is 1. The Morgan fingerprint density at radius 3 is 2.41 bits per heavy atom. The van der Waals surface area contributed by atoms with Crippen LogP contribution in [0.25, 0.3) is 11.8 Å². The number of amides is 2. The predicted molar refractivity (Wildman–Crippen MR) is 108 cm³/mol. The number of likely N-dealkylation sites (tertiary alicyclic amines) is 1. The van der Waals surface area contributed by atoms with Crippen LogP contribution in [0.3, 0.4) is 0 Å². The van der Waals surface area contributed by atoms with Crippen LogP contribution < -0.4 is 5.32 Å². The van der Waals surface area contributed by atoms with Crippen molar-refractivity contribution in [3.05, 3.63) is 58.9 Å². The maximum absolute atomic E-state index is 12.1. The first-order valence-electron chi connectivity index (χ1n) is 9.45. The number of nitrogens with one attached hydrogen (secondary N) is 1. The highest BCUT2D eigenvalue weighted by atomic mass is 16.2. The Balaban J connectivity index is 1.64. The van der Waals surface area contributed by atoms with Crippen molar-refractivity contribution in [3.8, 4) is 5.69 Å². The first-order valence-corrected chi connectivity index (χ1v) is 9.45. The summed E-state index contributed by atoms with van der Waals surface area (Å²) in [5, 5.41) is 2.68. The maximum atomic E-state index is 12.1. The molecular formula is C22H27N3O2. The molecule has 0 spiro atoms. The second-order valence-corrected chi connectivity index (χ2v) is 7.14. The summed E-state index contributed by atoms with van der Waals surface area (Å²) < 4.78 is 2.17. The molecule has 0 unspecified atom stereocenters. The van der Waals surface area contributed by atoms with Crippen molar-refractivity contribution in [3.63, 3.8) is 0 Å². The fourth-order valence-corrected chi connectivity index (χ4v) is 3.51. The zero-order chi connectivity index (χ0) is 19.4. The average Bonchev–Trinajstić information content (AvgIpc) is 3.28. The predicted octanol–water partition coefficient (Wildman–Crippen LogP) is 3.15. The standard InChI is InChI=1S/C22H27N3O2/c1-16-6-9-20(10-7-16)25-17(2)14-19(18(25)3)8-11-21(26)23-15-22(27)24-12-4-5-13-24/h6-11,14H,4-5,12-13,15H2,1-3H3,(H,23,26)/b11-8+. The Morgan fingerprint density at radius 1 is 1.07 bits per heavy atom. The summed E-state index contributed by atoms with van der Waals surface area (Å²) in [6, 6.07) is 10.4. The monoisotopic (exact) mass is 365 g/mol. The van der Waals surface area contributed by atoms with Gasteiger partial charge in [0, 0.05) is 36.2 Å². The third kappa shape index (κ3) is 4.48. The molecule has 1 aromatic heterocycles. The lowest BCUT2D eigenvalue weighted by molar-refractivity contribution is -0.131. The van der Waals surface area contributed by atoms with E-state index in [1.165, 1.54) is 11.6 Å². The van der Waals surface area contributed by atoms with Crippen molar-refractivity contribution in [1.82, 2.24) is 14.8 Å². The SMILES string of the molecule is Cc1ccc(-n2c(C)cc(/C=C/C(=O)NCC(=O)N3CCCC3)c2C)cc1. The third-order valence-corrected chi connectivity index (χ3v) is 5.05. The highest BCUT2D eigenvalue weighted by Crippen LogP contribution is 2.22. The Hall–Kier alpha value is -2.82. The van der Waals surface area contributed by atoms with Crippen LogP contribution >= 0.6 is 0 Å². The highest BCUT2D eigenvalue weighted by molar-refractivity contribution is 5.94. The van der Waals surface area contributed by atoms with Crippen molar-refractivity contribution in [2.75, 3.05) is 19.6 Å². The number of carbonyl (C=O) groups is 2. The van der Waals surface area contributed by atoms with Crippen molar-refractivity contribution < 1.29 is 9.59 Å². The average molecular weight is 365 g/mol. The van der Waals surface area contributed by atoms with Crippen LogP contribution in [0.15, 0.2) is 36.4 Å². The van der Waals surface area contributed by atoms with Crippen LogP contribution in [0.1, 0.15) is 35.4 Å². The molecule has 2 heterocycles. The number of aryl methyl sites for hydroxylation is 2. The van der Waals surface area contributed by atoms with Crippen molar-refractivity contribution in [2.45, 2.75) is 33.6 Å². The number of nitrogens with zero attached hydrogens (tertiary/aromatic N) is 2. The number of carbonyl (C=O) groups excluding carboxylic acids is 2. The number of rotatable bonds is 5.